The maximum absolute atomic E-state index is 12.0. The second-order valence-corrected chi connectivity index (χ2v) is 4.41. The van der Waals surface area contributed by atoms with Crippen molar-refractivity contribution in [3.05, 3.63) is 53.7 Å². The maximum atomic E-state index is 12.0. The van der Waals surface area contributed by atoms with E-state index in [4.69, 9.17) is 5.11 Å². The highest BCUT2D eigenvalue weighted by molar-refractivity contribution is 5.37. The molecule has 0 spiro atoms. The van der Waals surface area contributed by atoms with E-state index in [9.17, 15) is 8.78 Å². The number of aliphatic hydroxyl groups excluding tert-OH is 1. The van der Waals surface area contributed by atoms with Crippen LogP contribution in [0.5, 0.6) is 5.75 Å². The quantitative estimate of drug-likeness (QED) is 0.824. The van der Waals surface area contributed by atoms with E-state index < -0.39 is 6.61 Å². The molecular weight excluding hydrogens is 278 g/mol. The van der Waals surface area contributed by atoms with E-state index in [-0.39, 0.29) is 12.4 Å². The number of benzene rings is 1. The normalized spacial score (nSPS) is 10.7. The number of nitrogens with zero attached hydrogens (tertiary/aromatic N) is 1. The molecule has 1 aromatic carbocycles. The fourth-order valence-corrected chi connectivity index (χ4v) is 1.80. The fourth-order valence-electron chi connectivity index (χ4n) is 1.80. The molecule has 0 aliphatic rings. The van der Waals surface area contributed by atoms with E-state index in [1.54, 1.807) is 6.07 Å². The van der Waals surface area contributed by atoms with Gasteiger partial charge in [-0.3, -0.25) is 0 Å². The number of hydrogen-bond acceptors (Lipinski definition) is 4. The van der Waals surface area contributed by atoms with Crippen LogP contribution in [-0.4, -0.2) is 23.2 Å². The Morgan fingerprint density at radius 1 is 1.10 bits per heavy atom. The second-order valence-electron chi connectivity index (χ2n) is 4.41. The molecule has 112 valence electrons. The lowest BCUT2D eigenvalue weighted by atomic mass is 10.1. The number of rotatable bonds is 7. The van der Waals surface area contributed by atoms with Gasteiger partial charge in [0, 0.05) is 6.54 Å². The van der Waals surface area contributed by atoms with Crippen molar-refractivity contribution in [2.45, 2.75) is 19.6 Å². The number of alkyl halides is 2. The Bertz CT molecular complexity index is 545. The monoisotopic (exact) mass is 294 g/mol. The molecule has 2 N–H and O–H groups in total. The number of hydrogen-bond donors (Lipinski definition) is 2. The van der Waals surface area contributed by atoms with Crippen molar-refractivity contribution < 1.29 is 18.6 Å². The molecule has 0 radical (unpaired) electrons. The Kier molecular flexibility index (Phi) is 5.45. The highest BCUT2D eigenvalue weighted by Gasteiger charge is 2.04. The summed E-state index contributed by atoms with van der Waals surface area (Å²) in [6, 6.07) is 10.7. The molecule has 0 fully saturated rings. The van der Waals surface area contributed by atoms with E-state index in [1.807, 2.05) is 24.3 Å². The molecule has 21 heavy (non-hydrogen) atoms. The number of anilines is 1. The Labute approximate surface area is 121 Å². The summed E-state index contributed by atoms with van der Waals surface area (Å²) in [5.74, 6) is 0.638. The summed E-state index contributed by atoms with van der Waals surface area (Å²) >= 11 is 0. The first-order valence-corrected chi connectivity index (χ1v) is 6.51. The SMILES string of the molecule is OCc1ccc(CCNc2ccc(OC(F)F)cn2)cc1. The molecular formula is C15H16F2N2O2. The lowest BCUT2D eigenvalue weighted by molar-refractivity contribution is -0.0500. The van der Waals surface area contributed by atoms with Gasteiger partial charge >= 0.3 is 6.61 Å². The minimum Gasteiger partial charge on any atom is -0.433 e. The third kappa shape index (κ3) is 5.00. The fraction of sp³-hybridized carbons (Fsp3) is 0.267. The summed E-state index contributed by atoms with van der Waals surface area (Å²) in [6.07, 6.45) is 2.05. The largest absolute Gasteiger partial charge is 0.433 e. The van der Waals surface area contributed by atoms with Gasteiger partial charge in [0.25, 0.3) is 0 Å². The van der Waals surface area contributed by atoms with Crippen LogP contribution in [0, 0.1) is 0 Å². The summed E-state index contributed by atoms with van der Waals surface area (Å²) in [7, 11) is 0. The molecule has 0 saturated carbocycles. The van der Waals surface area contributed by atoms with Crippen molar-refractivity contribution in [1.82, 2.24) is 4.98 Å². The average Bonchev–Trinajstić information content (AvgIpc) is 2.49. The second kappa shape index (κ2) is 7.54. The number of aliphatic hydroxyl groups is 1. The van der Waals surface area contributed by atoms with E-state index >= 15 is 0 Å². The molecule has 0 atom stereocenters. The highest BCUT2D eigenvalue weighted by Crippen LogP contribution is 2.14. The Morgan fingerprint density at radius 3 is 2.38 bits per heavy atom. The first-order chi connectivity index (χ1) is 10.2. The van der Waals surface area contributed by atoms with Crippen LogP contribution in [0.25, 0.3) is 0 Å². The van der Waals surface area contributed by atoms with Crippen molar-refractivity contribution >= 4 is 5.82 Å². The van der Waals surface area contributed by atoms with Crippen molar-refractivity contribution in [2.24, 2.45) is 0 Å². The summed E-state index contributed by atoms with van der Waals surface area (Å²) in [4.78, 5) is 3.99. The van der Waals surface area contributed by atoms with Crippen LogP contribution in [-0.2, 0) is 13.0 Å². The molecule has 1 aromatic heterocycles. The predicted octanol–water partition coefficient (Wildman–Crippen LogP) is 2.83. The van der Waals surface area contributed by atoms with Crippen molar-refractivity contribution in [3.63, 3.8) is 0 Å². The molecule has 0 aliphatic carbocycles. The topological polar surface area (TPSA) is 54.4 Å². The van der Waals surface area contributed by atoms with E-state index in [0.29, 0.717) is 12.4 Å². The molecule has 6 heteroatoms. The van der Waals surface area contributed by atoms with Gasteiger partial charge < -0.3 is 15.2 Å². The Balaban J connectivity index is 1.79. The number of aromatic nitrogens is 1. The molecule has 0 amide bonds. The molecule has 0 aliphatic heterocycles. The van der Waals surface area contributed by atoms with Crippen LogP contribution in [0.4, 0.5) is 14.6 Å². The van der Waals surface area contributed by atoms with Gasteiger partial charge in [-0.25, -0.2) is 4.98 Å². The van der Waals surface area contributed by atoms with Gasteiger partial charge in [-0.15, -0.1) is 0 Å². The highest BCUT2D eigenvalue weighted by atomic mass is 19.3. The van der Waals surface area contributed by atoms with Crippen LogP contribution >= 0.6 is 0 Å². The maximum Gasteiger partial charge on any atom is 0.387 e. The summed E-state index contributed by atoms with van der Waals surface area (Å²) < 4.78 is 28.2. The zero-order chi connectivity index (χ0) is 15.1. The first-order valence-electron chi connectivity index (χ1n) is 6.51. The molecule has 2 rings (SSSR count). The smallest absolute Gasteiger partial charge is 0.387 e. The third-order valence-electron chi connectivity index (χ3n) is 2.89. The van der Waals surface area contributed by atoms with Crippen molar-refractivity contribution in [2.75, 3.05) is 11.9 Å². The lowest BCUT2D eigenvalue weighted by Gasteiger charge is -2.08. The number of ether oxygens (including phenoxy) is 1. The number of pyridine rings is 1. The molecule has 1 heterocycles. The molecule has 0 saturated heterocycles. The zero-order valence-corrected chi connectivity index (χ0v) is 11.3. The van der Waals surface area contributed by atoms with E-state index in [2.05, 4.69) is 15.0 Å². The predicted molar refractivity (Wildman–Crippen MR) is 75.4 cm³/mol. The summed E-state index contributed by atoms with van der Waals surface area (Å²) in [6.45, 7) is -2.14. The molecule has 2 aromatic rings. The van der Waals surface area contributed by atoms with Crippen LogP contribution < -0.4 is 10.1 Å². The summed E-state index contributed by atoms with van der Waals surface area (Å²) in [5.41, 5.74) is 2.01. The minimum absolute atomic E-state index is 0.0372. The summed E-state index contributed by atoms with van der Waals surface area (Å²) in [5, 5.41) is 12.1. The molecule has 0 bridgehead atoms. The van der Waals surface area contributed by atoms with Gasteiger partial charge in [-0.05, 0) is 29.7 Å². The lowest BCUT2D eigenvalue weighted by Crippen LogP contribution is -2.07. The van der Waals surface area contributed by atoms with Crippen LogP contribution in [0.3, 0.4) is 0 Å². The number of nitrogens with one attached hydrogen (secondary N) is 1. The number of halogens is 2. The van der Waals surface area contributed by atoms with Gasteiger partial charge in [-0.2, -0.15) is 8.78 Å². The third-order valence-corrected chi connectivity index (χ3v) is 2.89. The first kappa shape index (κ1) is 15.2. The van der Waals surface area contributed by atoms with Gasteiger partial charge in [0.1, 0.15) is 11.6 Å². The Hall–Kier alpha value is -2.21. The zero-order valence-electron chi connectivity index (χ0n) is 11.3. The van der Waals surface area contributed by atoms with Crippen LogP contribution in [0.1, 0.15) is 11.1 Å². The molecule has 0 unspecified atom stereocenters. The van der Waals surface area contributed by atoms with E-state index in [0.717, 1.165) is 17.5 Å². The minimum atomic E-state index is -2.84. The van der Waals surface area contributed by atoms with Crippen LogP contribution in [0.15, 0.2) is 42.6 Å². The van der Waals surface area contributed by atoms with Crippen LogP contribution in [0.2, 0.25) is 0 Å². The Morgan fingerprint density at radius 2 is 1.81 bits per heavy atom. The van der Waals surface area contributed by atoms with Gasteiger partial charge in [0.15, 0.2) is 0 Å². The van der Waals surface area contributed by atoms with E-state index in [1.165, 1.54) is 12.3 Å². The van der Waals surface area contributed by atoms with Crippen molar-refractivity contribution in [1.29, 1.82) is 0 Å². The van der Waals surface area contributed by atoms with Crippen molar-refractivity contribution in [3.8, 4) is 5.75 Å². The molecule has 4 nitrogen and oxygen atoms in total. The van der Waals surface area contributed by atoms with Gasteiger partial charge in [0.2, 0.25) is 0 Å². The standard InChI is InChI=1S/C15H16F2N2O2/c16-15(17)21-13-5-6-14(19-9-13)18-8-7-11-1-3-12(10-20)4-2-11/h1-6,9,15,20H,7-8,10H2,(H,18,19). The van der Waals surface area contributed by atoms with Gasteiger partial charge in [-0.1, -0.05) is 24.3 Å². The van der Waals surface area contributed by atoms with Gasteiger partial charge in [0.05, 0.1) is 12.8 Å². The average molecular weight is 294 g/mol.